The van der Waals surface area contributed by atoms with Crippen molar-refractivity contribution in [1.82, 2.24) is 15.1 Å². The van der Waals surface area contributed by atoms with Crippen LogP contribution in [0.15, 0.2) is 4.42 Å². The van der Waals surface area contributed by atoms with Crippen LogP contribution in [0.5, 0.6) is 0 Å². The summed E-state index contributed by atoms with van der Waals surface area (Å²) in [5.41, 5.74) is 0. The van der Waals surface area contributed by atoms with E-state index in [0.29, 0.717) is 11.9 Å². The minimum atomic E-state index is 0.650. The molecule has 5 nitrogen and oxygen atoms in total. The number of hydrogen-bond donors (Lipinski definition) is 0. The van der Waals surface area contributed by atoms with Crippen molar-refractivity contribution in [3.8, 4) is 0 Å². The Morgan fingerprint density at radius 2 is 1.83 bits per heavy atom. The van der Waals surface area contributed by atoms with Gasteiger partial charge in [-0.25, -0.2) is 0 Å². The van der Waals surface area contributed by atoms with E-state index < -0.39 is 0 Å². The molecule has 0 N–H and O–H groups in total. The van der Waals surface area contributed by atoms with Crippen LogP contribution in [0.25, 0.3) is 0 Å². The van der Waals surface area contributed by atoms with Gasteiger partial charge in [0.25, 0.3) is 0 Å². The van der Waals surface area contributed by atoms with E-state index in [1.807, 2.05) is 6.92 Å². The molecule has 0 aliphatic carbocycles. The third-order valence-electron chi connectivity index (χ3n) is 3.81. The van der Waals surface area contributed by atoms with Gasteiger partial charge in [-0.2, -0.15) is 11.8 Å². The molecule has 0 radical (unpaired) electrons. The van der Waals surface area contributed by atoms with E-state index in [4.69, 9.17) is 4.42 Å². The smallest absolute Gasteiger partial charge is 0.318 e. The van der Waals surface area contributed by atoms with Gasteiger partial charge >= 0.3 is 6.01 Å². The molecular formula is C12H20N4OS. The summed E-state index contributed by atoms with van der Waals surface area (Å²) in [5, 5.41) is 7.99. The maximum Gasteiger partial charge on any atom is 0.318 e. The average molecular weight is 268 g/mol. The molecule has 2 aliphatic heterocycles. The normalized spacial score (nSPS) is 23.5. The van der Waals surface area contributed by atoms with Crippen molar-refractivity contribution in [3.05, 3.63) is 5.89 Å². The minimum absolute atomic E-state index is 0.650. The Balaban J connectivity index is 1.54. The van der Waals surface area contributed by atoms with E-state index in [2.05, 4.69) is 31.8 Å². The maximum absolute atomic E-state index is 5.49. The predicted octanol–water partition coefficient (Wildman–Crippen LogP) is 1.40. The monoisotopic (exact) mass is 268 g/mol. The average Bonchev–Trinajstić information content (AvgIpc) is 2.87. The van der Waals surface area contributed by atoms with Crippen LogP contribution in [0, 0.1) is 6.92 Å². The number of piperazine rings is 1. The summed E-state index contributed by atoms with van der Waals surface area (Å²) in [6, 6.07) is 1.49. The first-order valence-corrected chi connectivity index (χ1v) is 7.85. The topological polar surface area (TPSA) is 45.4 Å². The fourth-order valence-electron chi connectivity index (χ4n) is 2.74. The van der Waals surface area contributed by atoms with Gasteiger partial charge in [0.2, 0.25) is 5.89 Å². The van der Waals surface area contributed by atoms with Gasteiger partial charge in [0.1, 0.15) is 0 Å². The number of rotatable bonds is 2. The molecule has 2 fully saturated rings. The number of aryl methyl sites for hydroxylation is 1. The van der Waals surface area contributed by atoms with Gasteiger partial charge in [-0.15, -0.1) is 5.10 Å². The number of thioether (sulfide) groups is 1. The number of aromatic nitrogens is 2. The lowest BCUT2D eigenvalue weighted by Gasteiger charge is -2.40. The van der Waals surface area contributed by atoms with E-state index >= 15 is 0 Å². The molecule has 0 bridgehead atoms. The van der Waals surface area contributed by atoms with Crippen LogP contribution >= 0.6 is 11.8 Å². The van der Waals surface area contributed by atoms with Crippen molar-refractivity contribution in [1.29, 1.82) is 0 Å². The second kappa shape index (κ2) is 5.48. The summed E-state index contributed by atoms with van der Waals surface area (Å²) in [6.45, 7) is 6.09. The first kappa shape index (κ1) is 12.3. The van der Waals surface area contributed by atoms with Gasteiger partial charge in [0, 0.05) is 39.1 Å². The summed E-state index contributed by atoms with van der Waals surface area (Å²) in [6.07, 6.45) is 2.70. The zero-order chi connectivity index (χ0) is 12.4. The SMILES string of the molecule is Cc1nnc(N2CCN(C3CCSCC3)CC2)o1. The van der Waals surface area contributed by atoms with Crippen molar-refractivity contribution in [2.45, 2.75) is 25.8 Å². The lowest BCUT2D eigenvalue weighted by Crippen LogP contribution is -2.51. The highest BCUT2D eigenvalue weighted by molar-refractivity contribution is 7.99. The molecule has 3 rings (SSSR count). The molecule has 100 valence electrons. The molecule has 3 heterocycles. The van der Waals surface area contributed by atoms with Gasteiger partial charge in [-0.3, -0.25) is 4.90 Å². The molecule has 2 aliphatic rings. The van der Waals surface area contributed by atoms with Gasteiger partial charge < -0.3 is 9.32 Å². The van der Waals surface area contributed by atoms with Crippen LogP contribution < -0.4 is 4.90 Å². The predicted molar refractivity (Wildman–Crippen MR) is 73.2 cm³/mol. The first-order chi connectivity index (χ1) is 8.83. The molecule has 0 aromatic carbocycles. The van der Waals surface area contributed by atoms with Crippen LogP contribution in [0.4, 0.5) is 6.01 Å². The van der Waals surface area contributed by atoms with Crippen molar-refractivity contribution < 1.29 is 4.42 Å². The fourth-order valence-corrected chi connectivity index (χ4v) is 3.82. The first-order valence-electron chi connectivity index (χ1n) is 6.70. The van der Waals surface area contributed by atoms with E-state index in [-0.39, 0.29) is 0 Å². The largest absolute Gasteiger partial charge is 0.408 e. The molecule has 0 atom stereocenters. The van der Waals surface area contributed by atoms with Crippen molar-refractivity contribution in [2.24, 2.45) is 0 Å². The molecular weight excluding hydrogens is 248 g/mol. The van der Waals surface area contributed by atoms with Gasteiger partial charge in [0.05, 0.1) is 0 Å². The van der Waals surface area contributed by atoms with Crippen LogP contribution in [-0.2, 0) is 0 Å². The molecule has 6 heteroatoms. The summed E-state index contributed by atoms with van der Waals surface area (Å²) in [7, 11) is 0. The maximum atomic E-state index is 5.49. The van der Waals surface area contributed by atoms with Crippen LogP contribution in [0.1, 0.15) is 18.7 Å². The van der Waals surface area contributed by atoms with Gasteiger partial charge in [-0.1, -0.05) is 5.10 Å². The summed E-state index contributed by atoms with van der Waals surface area (Å²) >= 11 is 2.09. The molecule has 0 saturated carbocycles. The van der Waals surface area contributed by atoms with E-state index in [1.165, 1.54) is 24.3 Å². The Morgan fingerprint density at radius 3 is 2.44 bits per heavy atom. The lowest BCUT2D eigenvalue weighted by atomic mass is 10.1. The Morgan fingerprint density at radius 1 is 1.11 bits per heavy atom. The molecule has 2 saturated heterocycles. The van der Waals surface area contributed by atoms with E-state index in [9.17, 15) is 0 Å². The van der Waals surface area contributed by atoms with Crippen LogP contribution in [-0.4, -0.2) is 58.8 Å². The lowest BCUT2D eigenvalue weighted by molar-refractivity contribution is 0.173. The van der Waals surface area contributed by atoms with Gasteiger partial charge in [0.15, 0.2) is 0 Å². The van der Waals surface area contributed by atoms with Crippen LogP contribution in [0.2, 0.25) is 0 Å². The van der Waals surface area contributed by atoms with Crippen molar-refractivity contribution >= 4 is 17.8 Å². The Kier molecular flexibility index (Phi) is 3.75. The summed E-state index contributed by atoms with van der Waals surface area (Å²) < 4.78 is 5.49. The Labute approximate surface area is 112 Å². The second-order valence-electron chi connectivity index (χ2n) is 4.97. The quantitative estimate of drug-likeness (QED) is 0.808. The third kappa shape index (κ3) is 2.64. The zero-order valence-corrected chi connectivity index (χ0v) is 11.7. The molecule has 0 unspecified atom stereocenters. The molecule has 1 aromatic rings. The summed E-state index contributed by atoms with van der Waals surface area (Å²) in [4.78, 5) is 4.84. The Hall–Kier alpha value is -0.750. The molecule has 18 heavy (non-hydrogen) atoms. The standard InChI is InChI=1S/C12H20N4OS/c1-10-13-14-12(17-10)16-6-4-15(5-7-16)11-2-8-18-9-3-11/h11H,2-9H2,1H3. The highest BCUT2D eigenvalue weighted by atomic mass is 32.2. The Bertz CT molecular complexity index is 383. The third-order valence-corrected chi connectivity index (χ3v) is 4.86. The molecule has 0 amide bonds. The zero-order valence-electron chi connectivity index (χ0n) is 10.8. The van der Waals surface area contributed by atoms with Crippen molar-refractivity contribution in [2.75, 3.05) is 42.6 Å². The second-order valence-corrected chi connectivity index (χ2v) is 6.19. The molecule has 1 aromatic heterocycles. The van der Waals surface area contributed by atoms with Crippen molar-refractivity contribution in [3.63, 3.8) is 0 Å². The number of hydrogen-bond acceptors (Lipinski definition) is 6. The fraction of sp³-hybridized carbons (Fsp3) is 0.833. The van der Waals surface area contributed by atoms with E-state index in [1.54, 1.807) is 0 Å². The van der Waals surface area contributed by atoms with Gasteiger partial charge in [-0.05, 0) is 24.3 Å². The van der Waals surface area contributed by atoms with E-state index in [0.717, 1.165) is 32.2 Å². The number of anilines is 1. The van der Waals surface area contributed by atoms with Crippen LogP contribution in [0.3, 0.4) is 0 Å². The summed E-state index contributed by atoms with van der Waals surface area (Å²) in [5.74, 6) is 3.30. The molecule has 0 spiro atoms. The highest BCUT2D eigenvalue weighted by Crippen LogP contribution is 2.23. The highest BCUT2D eigenvalue weighted by Gasteiger charge is 2.26. The minimum Gasteiger partial charge on any atom is -0.408 e. The number of nitrogens with zero attached hydrogens (tertiary/aromatic N) is 4.